The summed E-state index contributed by atoms with van der Waals surface area (Å²) in [6.07, 6.45) is 2.69. The van der Waals surface area contributed by atoms with Gasteiger partial charge in [-0.05, 0) is 25.1 Å². The zero-order valence-corrected chi connectivity index (χ0v) is 12.7. The normalized spacial score (nSPS) is 10.4. The van der Waals surface area contributed by atoms with E-state index in [0.29, 0.717) is 5.06 Å². The Bertz CT molecular complexity index is 786. The van der Waals surface area contributed by atoms with Gasteiger partial charge in [0.1, 0.15) is 5.69 Å². The largest absolute Gasteiger partial charge is 0.514 e. The van der Waals surface area contributed by atoms with Crippen molar-refractivity contribution in [3.63, 3.8) is 0 Å². The quantitative estimate of drug-likeness (QED) is 0.714. The first-order chi connectivity index (χ1) is 10.8. The number of thiophene rings is 1. The first kappa shape index (κ1) is 14.3. The smallest absolute Gasteiger partial charge is 0.434 e. The van der Waals surface area contributed by atoms with Gasteiger partial charge in [-0.15, -0.1) is 0 Å². The Kier molecular flexibility index (Phi) is 4.20. The molecule has 0 saturated carbocycles. The predicted molar refractivity (Wildman–Crippen MR) is 87.0 cm³/mol. The molecule has 2 heterocycles. The van der Waals surface area contributed by atoms with E-state index in [-0.39, 0.29) is 6.61 Å². The van der Waals surface area contributed by atoms with Crippen molar-refractivity contribution in [3.8, 4) is 5.06 Å². The van der Waals surface area contributed by atoms with E-state index < -0.39 is 6.16 Å². The van der Waals surface area contributed by atoms with E-state index in [9.17, 15) is 4.79 Å². The van der Waals surface area contributed by atoms with Crippen LogP contribution in [0.4, 0.5) is 16.2 Å². The van der Waals surface area contributed by atoms with Crippen molar-refractivity contribution in [3.05, 3.63) is 48.8 Å². The number of rotatable bonds is 4. The lowest BCUT2D eigenvalue weighted by Gasteiger charge is -2.08. The average Bonchev–Trinajstić information content (AvgIpc) is 2.86. The van der Waals surface area contributed by atoms with Crippen LogP contribution in [0.3, 0.4) is 0 Å². The van der Waals surface area contributed by atoms with Crippen LogP contribution in [-0.2, 0) is 4.74 Å². The van der Waals surface area contributed by atoms with E-state index in [1.807, 2.05) is 36.4 Å². The molecule has 3 aromatic rings. The molecule has 0 atom stereocenters. The number of fused-ring (bicyclic) bond motifs is 1. The Morgan fingerprint density at radius 1 is 1.23 bits per heavy atom. The molecule has 0 amide bonds. The van der Waals surface area contributed by atoms with Gasteiger partial charge in [-0.3, -0.25) is 4.98 Å². The average molecular weight is 314 g/mol. The molecule has 0 unspecified atom stereocenters. The van der Waals surface area contributed by atoms with E-state index >= 15 is 0 Å². The molecule has 2 aromatic heterocycles. The van der Waals surface area contributed by atoms with Crippen LogP contribution >= 0.6 is 11.3 Å². The number of ether oxygens (including phenoxy) is 2. The van der Waals surface area contributed by atoms with Gasteiger partial charge in [0.2, 0.25) is 5.06 Å². The molecule has 3 rings (SSSR count). The Morgan fingerprint density at radius 3 is 2.77 bits per heavy atom. The summed E-state index contributed by atoms with van der Waals surface area (Å²) in [5, 5.41) is 4.75. The van der Waals surface area contributed by atoms with E-state index in [4.69, 9.17) is 9.47 Å². The van der Waals surface area contributed by atoms with Crippen LogP contribution in [0.1, 0.15) is 6.92 Å². The van der Waals surface area contributed by atoms with Crippen LogP contribution in [-0.4, -0.2) is 17.7 Å². The van der Waals surface area contributed by atoms with Crippen molar-refractivity contribution in [2.24, 2.45) is 0 Å². The van der Waals surface area contributed by atoms with Gasteiger partial charge in [0, 0.05) is 28.2 Å². The topological polar surface area (TPSA) is 60.5 Å². The van der Waals surface area contributed by atoms with Gasteiger partial charge in [0.15, 0.2) is 0 Å². The number of nitrogens with zero attached hydrogens (tertiary/aromatic N) is 1. The lowest BCUT2D eigenvalue weighted by atomic mass is 10.2. The maximum absolute atomic E-state index is 11.6. The summed E-state index contributed by atoms with van der Waals surface area (Å²) < 4.78 is 11.2. The molecule has 0 spiro atoms. The molecular weight excluding hydrogens is 300 g/mol. The minimum absolute atomic E-state index is 0.275. The van der Waals surface area contributed by atoms with E-state index in [2.05, 4.69) is 10.3 Å². The lowest BCUT2D eigenvalue weighted by molar-refractivity contribution is 0.106. The predicted octanol–water partition coefficient (Wildman–Crippen LogP) is 4.58. The minimum atomic E-state index is -0.702. The molecule has 0 radical (unpaired) electrons. The van der Waals surface area contributed by atoms with E-state index in [1.54, 1.807) is 19.3 Å². The maximum Gasteiger partial charge on any atom is 0.514 e. The summed E-state index contributed by atoms with van der Waals surface area (Å²) in [7, 11) is 0. The number of hydrogen-bond acceptors (Lipinski definition) is 6. The van der Waals surface area contributed by atoms with Gasteiger partial charge < -0.3 is 14.8 Å². The third-order valence-electron chi connectivity index (χ3n) is 2.95. The highest BCUT2D eigenvalue weighted by atomic mass is 32.1. The Balaban J connectivity index is 1.99. The number of nitrogens with one attached hydrogen (secondary N) is 1. The lowest BCUT2D eigenvalue weighted by Crippen LogP contribution is -2.10. The van der Waals surface area contributed by atoms with Crippen LogP contribution in [0.25, 0.3) is 10.1 Å². The van der Waals surface area contributed by atoms with Crippen molar-refractivity contribution in [2.75, 3.05) is 11.9 Å². The van der Waals surface area contributed by atoms with Gasteiger partial charge in [0.25, 0.3) is 0 Å². The number of carbonyl (C=O) groups is 1. The number of benzene rings is 1. The van der Waals surface area contributed by atoms with Crippen LogP contribution < -0.4 is 10.1 Å². The monoisotopic (exact) mass is 314 g/mol. The second kappa shape index (κ2) is 6.44. The molecule has 0 aliphatic carbocycles. The molecule has 112 valence electrons. The Morgan fingerprint density at radius 2 is 2.00 bits per heavy atom. The van der Waals surface area contributed by atoms with E-state index in [0.717, 1.165) is 21.5 Å². The highest BCUT2D eigenvalue weighted by molar-refractivity contribution is 7.21. The highest BCUT2D eigenvalue weighted by Crippen LogP contribution is 2.43. The van der Waals surface area contributed by atoms with Crippen molar-refractivity contribution in [2.45, 2.75) is 6.92 Å². The van der Waals surface area contributed by atoms with Crippen molar-refractivity contribution in [1.82, 2.24) is 4.98 Å². The third-order valence-corrected chi connectivity index (χ3v) is 4.00. The molecule has 22 heavy (non-hydrogen) atoms. The second-order valence-electron chi connectivity index (χ2n) is 4.41. The van der Waals surface area contributed by atoms with Gasteiger partial charge in [-0.2, -0.15) is 0 Å². The fourth-order valence-corrected chi connectivity index (χ4v) is 3.02. The van der Waals surface area contributed by atoms with Gasteiger partial charge in [0.05, 0.1) is 6.61 Å². The molecule has 1 N–H and O–H groups in total. The Labute approximate surface area is 131 Å². The van der Waals surface area contributed by atoms with Crippen LogP contribution in [0.2, 0.25) is 0 Å². The summed E-state index contributed by atoms with van der Waals surface area (Å²) >= 11 is 1.40. The maximum atomic E-state index is 11.6. The zero-order chi connectivity index (χ0) is 15.4. The highest BCUT2D eigenvalue weighted by Gasteiger charge is 2.17. The summed E-state index contributed by atoms with van der Waals surface area (Å²) in [5.41, 5.74) is 1.62. The first-order valence-electron chi connectivity index (χ1n) is 6.81. The summed E-state index contributed by atoms with van der Waals surface area (Å²) in [6.45, 7) is 2.01. The fourth-order valence-electron chi connectivity index (χ4n) is 2.02. The second-order valence-corrected chi connectivity index (χ2v) is 5.42. The fraction of sp³-hybridized carbons (Fsp3) is 0.125. The zero-order valence-electron chi connectivity index (χ0n) is 11.9. The Hall–Kier alpha value is -2.60. The number of hydrogen-bond donors (Lipinski definition) is 1. The SMILES string of the molecule is CCOC(=O)Oc1sc2ccccc2c1Nc1ccncc1. The van der Waals surface area contributed by atoms with Crippen LogP contribution in [0, 0.1) is 0 Å². The van der Waals surface area contributed by atoms with Crippen LogP contribution in [0.15, 0.2) is 48.8 Å². The molecule has 1 aromatic carbocycles. The number of anilines is 2. The molecular formula is C16H14N2O3S. The van der Waals surface area contributed by atoms with Crippen molar-refractivity contribution in [1.29, 1.82) is 0 Å². The van der Waals surface area contributed by atoms with Gasteiger partial charge in [-0.25, -0.2) is 4.79 Å². The summed E-state index contributed by atoms with van der Waals surface area (Å²) in [5.74, 6) is 0. The molecule has 6 heteroatoms. The van der Waals surface area contributed by atoms with E-state index in [1.165, 1.54) is 11.3 Å². The molecule has 5 nitrogen and oxygen atoms in total. The minimum Gasteiger partial charge on any atom is -0.434 e. The third kappa shape index (κ3) is 3.01. The molecule has 0 bridgehead atoms. The first-order valence-corrected chi connectivity index (χ1v) is 7.62. The summed E-state index contributed by atoms with van der Waals surface area (Å²) in [6, 6.07) is 11.6. The summed E-state index contributed by atoms with van der Waals surface area (Å²) in [4.78, 5) is 15.6. The standard InChI is InChI=1S/C16H14N2O3S/c1-2-20-16(19)21-15-14(18-11-7-9-17-10-8-11)12-5-3-4-6-13(12)22-15/h3-10H,2H2,1H3,(H,17,18). The van der Waals surface area contributed by atoms with Crippen molar-refractivity contribution < 1.29 is 14.3 Å². The number of aromatic nitrogens is 1. The number of pyridine rings is 1. The molecule has 0 fully saturated rings. The molecule has 0 saturated heterocycles. The molecule has 0 aliphatic rings. The number of carbonyl (C=O) groups excluding carboxylic acids is 1. The van der Waals surface area contributed by atoms with Gasteiger partial charge >= 0.3 is 6.16 Å². The van der Waals surface area contributed by atoms with Crippen molar-refractivity contribution >= 4 is 39.0 Å². The van der Waals surface area contributed by atoms with Gasteiger partial charge in [-0.1, -0.05) is 29.5 Å². The molecule has 0 aliphatic heterocycles. The van der Waals surface area contributed by atoms with Crippen LogP contribution in [0.5, 0.6) is 5.06 Å².